The van der Waals surface area contributed by atoms with Gasteiger partial charge in [-0.15, -0.1) is 11.3 Å². The maximum Gasteiger partial charge on any atom is 0.0932 e. The van der Waals surface area contributed by atoms with Gasteiger partial charge in [0.15, 0.2) is 0 Å². The van der Waals surface area contributed by atoms with Crippen LogP contribution in [-0.4, -0.2) is 19.0 Å². The zero-order chi connectivity index (χ0) is 13.8. The van der Waals surface area contributed by atoms with Gasteiger partial charge in [0, 0.05) is 17.1 Å². The van der Waals surface area contributed by atoms with Crippen LogP contribution in [0.25, 0.3) is 0 Å². The van der Waals surface area contributed by atoms with Crippen molar-refractivity contribution in [1.29, 1.82) is 0 Å². The summed E-state index contributed by atoms with van der Waals surface area (Å²) in [6.45, 7) is 3.11. The largest absolute Gasteiger partial charge is 0.378 e. The van der Waals surface area contributed by atoms with Crippen molar-refractivity contribution in [3.63, 3.8) is 0 Å². The highest BCUT2D eigenvalue weighted by Crippen LogP contribution is 2.29. The highest BCUT2D eigenvalue weighted by molar-refractivity contribution is 7.16. The molecule has 0 radical (unpaired) electrons. The number of halogens is 1. The molecule has 0 saturated heterocycles. The molecule has 4 heteroatoms. The van der Waals surface area contributed by atoms with Crippen molar-refractivity contribution in [2.75, 3.05) is 19.4 Å². The zero-order valence-corrected chi connectivity index (χ0v) is 13.1. The minimum atomic E-state index is 0.270. The highest BCUT2D eigenvalue weighted by atomic mass is 35.5. The number of nitrogens with one attached hydrogen (secondary N) is 1. The molecule has 0 amide bonds. The average Bonchev–Trinajstić information content (AvgIpc) is 2.75. The van der Waals surface area contributed by atoms with Crippen LogP contribution in [0.1, 0.15) is 23.4 Å². The summed E-state index contributed by atoms with van der Waals surface area (Å²) < 4.78 is 0.838. The van der Waals surface area contributed by atoms with Gasteiger partial charge in [0.25, 0.3) is 0 Å². The Bertz CT molecular complexity index is 536. The SMILES string of the molecule is CC(Nc1cccc(CN(C)C)c1)c1ccc(Cl)s1. The summed E-state index contributed by atoms with van der Waals surface area (Å²) in [4.78, 5) is 3.42. The number of benzene rings is 1. The molecule has 2 aromatic rings. The Morgan fingerprint density at radius 2 is 2.05 bits per heavy atom. The van der Waals surface area contributed by atoms with Gasteiger partial charge in [-0.3, -0.25) is 0 Å². The Balaban J connectivity index is 2.06. The van der Waals surface area contributed by atoms with Crippen molar-refractivity contribution in [3.8, 4) is 0 Å². The van der Waals surface area contributed by atoms with E-state index in [4.69, 9.17) is 11.6 Å². The summed E-state index contributed by atoms with van der Waals surface area (Å²) in [5.41, 5.74) is 2.46. The molecule has 0 aliphatic rings. The Kier molecular flexibility index (Phi) is 4.86. The predicted octanol–water partition coefficient (Wildman–Crippen LogP) is 4.64. The van der Waals surface area contributed by atoms with E-state index < -0.39 is 0 Å². The molecule has 1 aromatic carbocycles. The molecular formula is C15H19ClN2S. The molecule has 2 rings (SSSR count). The lowest BCUT2D eigenvalue weighted by molar-refractivity contribution is 0.402. The first-order valence-corrected chi connectivity index (χ1v) is 7.49. The van der Waals surface area contributed by atoms with Crippen molar-refractivity contribution in [2.45, 2.75) is 19.5 Å². The van der Waals surface area contributed by atoms with Gasteiger partial charge in [-0.1, -0.05) is 23.7 Å². The van der Waals surface area contributed by atoms with Gasteiger partial charge < -0.3 is 10.2 Å². The van der Waals surface area contributed by atoms with Crippen LogP contribution >= 0.6 is 22.9 Å². The Morgan fingerprint density at radius 3 is 2.68 bits per heavy atom. The molecule has 1 aromatic heterocycles. The number of hydrogen-bond acceptors (Lipinski definition) is 3. The van der Waals surface area contributed by atoms with Crippen molar-refractivity contribution < 1.29 is 0 Å². The number of thiophene rings is 1. The second-order valence-corrected chi connectivity index (χ2v) is 6.69. The molecule has 2 nitrogen and oxygen atoms in total. The van der Waals surface area contributed by atoms with E-state index in [2.05, 4.69) is 61.6 Å². The van der Waals surface area contributed by atoms with Crippen LogP contribution in [-0.2, 0) is 6.54 Å². The molecule has 0 bridgehead atoms. The van der Waals surface area contributed by atoms with E-state index in [9.17, 15) is 0 Å². The molecule has 1 atom stereocenters. The van der Waals surface area contributed by atoms with Gasteiger partial charge in [0.2, 0.25) is 0 Å². The van der Waals surface area contributed by atoms with E-state index in [0.29, 0.717) is 0 Å². The first-order chi connectivity index (χ1) is 9.04. The Labute approximate surface area is 124 Å². The minimum absolute atomic E-state index is 0.270. The number of rotatable bonds is 5. The molecule has 0 saturated carbocycles. The predicted molar refractivity (Wildman–Crippen MR) is 85.2 cm³/mol. The van der Waals surface area contributed by atoms with E-state index in [0.717, 1.165) is 16.6 Å². The van der Waals surface area contributed by atoms with Gasteiger partial charge >= 0.3 is 0 Å². The summed E-state index contributed by atoms with van der Waals surface area (Å²) in [6, 6.07) is 12.8. The molecule has 0 spiro atoms. The standard InChI is InChI=1S/C15H19ClN2S/c1-11(14-7-8-15(16)19-14)17-13-6-4-5-12(9-13)10-18(2)3/h4-9,11,17H,10H2,1-3H3. The van der Waals surface area contributed by atoms with Crippen molar-refractivity contribution in [2.24, 2.45) is 0 Å². The van der Waals surface area contributed by atoms with Crippen LogP contribution < -0.4 is 5.32 Å². The van der Waals surface area contributed by atoms with E-state index in [1.165, 1.54) is 10.4 Å². The van der Waals surface area contributed by atoms with E-state index in [1.54, 1.807) is 11.3 Å². The highest BCUT2D eigenvalue weighted by Gasteiger charge is 2.08. The fraction of sp³-hybridized carbons (Fsp3) is 0.333. The van der Waals surface area contributed by atoms with E-state index >= 15 is 0 Å². The van der Waals surface area contributed by atoms with Gasteiger partial charge in [-0.2, -0.15) is 0 Å². The van der Waals surface area contributed by atoms with Crippen LogP contribution in [0.3, 0.4) is 0 Å². The Morgan fingerprint density at radius 1 is 1.26 bits per heavy atom. The van der Waals surface area contributed by atoms with Gasteiger partial charge in [-0.05, 0) is 50.8 Å². The topological polar surface area (TPSA) is 15.3 Å². The van der Waals surface area contributed by atoms with E-state index in [1.807, 2.05) is 6.07 Å². The smallest absolute Gasteiger partial charge is 0.0932 e. The van der Waals surface area contributed by atoms with E-state index in [-0.39, 0.29) is 6.04 Å². The first-order valence-electron chi connectivity index (χ1n) is 6.30. The summed E-state index contributed by atoms with van der Waals surface area (Å²) in [7, 11) is 4.16. The molecule has 1 unspecified atom stereocenters. The maximum absolute atomic E-state index is 5.98. The first kappa shape index (κ1) is 14.4. The summed E-state index contributed by atoms with van der Waals surface area (Å²) in [5, 5.41) is 3.52. The lowest BCUT2D eigenvalue weighted by Crippen LogP contribution is -2.11. The third-order valence-electron chi connectivity index (χ3n) is 2.83. The molecular weight excluding hydrogens is 276 g/mol. The van der Waals surface area contributed by atoms with Crippen LogP contribution in [0.5, 0.6) is 0 Å². The molecule has 19 heavy (non-hydrogen) atoms. The fourth-order valence-electron chi connectivity index (χ4n) is 2.01. The molecule has 1 N–H and O–H groups in total. The van der Waals surface area contributed by atoms with Gasteiger partial charge in [0.1, 0.15) is 0 Å². The van der Waals surface area contributed by atoms with Crippen molar-refractivity contribution in [3.05, 3.63) is 51.2 Å². The van der Waals surface area contributed by atoms with Gasteiger partial charge in [-0.25, -0.2) is 0 Å². The third-order valence-corrected chi connectivity index (χ3v) is 4.24. The Hall–Kier alpha value is -1.03. The molecule has 0 fully saturated rings. The van der Waals surface area contributed by atoms with Crippen LogP contribution in [0.4, 0.5) is 5.69 Å². The fourth-order valence-corrected chi connectivity index (χ4v) is 3.07. The van der Waals surface area contributed by atoms with Crippen molar-refractivity contribution in [1.82, 2.24) is 4.90 Å². The number of anilines is 1. The molecule has 1 heterocycles. The normalized spacial score (nSPS) is 12.7. The zero-order valence-electron chi connectivity index (χ0n) is 11.5. The summed E-state index contributed by atoms with van der Waals surface area (Å²) >= 11 is 7.60. The van der Waals surface area contributed by atoms with Crippen molar-refractivity contribution >= 4 is 28.6 Å². The maximum atomic E-state index is 5.98. The van der Waals surface area contributed by atoms with Crippen LogP contribution in [0.2, 0.25) is 4.34 Å². The monoisotopic (exact) mass is 294 g/mol. The number of nitrogens with zero attached hydrogens (tertiary/aromatic N) is 1. The summed E-state index contributed by atoms with van der Waals surface area (Å²) in [5.74, 6) is 0. The molecule has 102 valence electrons. The molecule has 0 aliphatic heterocycles. The molecule has 0 aliphatic carbocycles. The minimum Gasteiger partial charge on any atom is -0.378 e. The second kappa shape index (κ2) is 6.42. The second-order valence-electron chi connectivity index (χ2n) is 4.95. The van der Waals surface area contributed by atoms with Crippen LogP contribution in [0.15, 0.2) is 36.4 Å². The lowest BCUT2D eigenvalue weighted by atomic mass is 10.1. The third kappa shape index (κ3) is 4.23. The lowest BCUT2D eigenvalue weighted by Gasteiger charge is -2.16. The quantitative estimate of drug-likeness (QED) is 0.864. The van der Waals surface area contributed by atoms with Gasteiger partial charge in [0.05, 0.1) is 10.4 Å². The average molecular weight is 295 g/mol. The summed E-state index contributed by atoms with van der Waals surface area (Å²) in [6.07, 6.45) is 0. The number of hydrogen-bond donors (Lipinski definition) is 1. The van der Waals surface area contributed by atoms with Crippen LogP contribution in [0, 0.1) is 0 Å².